The highest BCUT2D eigenvalue weighted by molar-refractivity contribution is 5.72. The highest BCUT2D eigenvalue weighted by atomic mass is 16.5. The Morgan fingerprint density at radius 2 is 1.96 bits per heavy atom. The Hall–Kier alpha value is -2.04. The summed E-state index contributed by atoms with van der Waals surface area (Å²) in [6.07, 6.45) is 1.28. The SMILES string of the molecule is COC(=O)N1CCC(C(=O)O)CC1CC(C)(C)c1ccccc1. The molecule has 2 unspecified atom stereocenters. The average Bonchev–Trinajstić information content (AvgIpc) is 2.54. The van der Waals surface area contributed by atoms with Gasteiger partial charge in [-0.2, -0.15) is 0 Å². The molecule has 2 atom stereocenters. The molecule has 1 aromatic rings. The number of aliphatic carboxylic acids is 1. The topological polar surface area (TPSA) is 66.8 Å². The summed E-state index contributed by atoms with van der Waals surface area (Å²) in [5.41, 5.74) is 1.03. The number of carbonyl (C=O) groups is 2. The molecule has 1 fully saturated rings. The number of rotatable bonds is 4. The van der Waals surface area contributed by atoms with Crippen LogP contribution in [0, 0.1) is 5.92 Å². The fourth-order valence-corrected chi connectivity index (χ4v) is 3.42. The van der Waals surface area contributed by atoms with E-state index in [-0.39, 0.29) is 17.6 Å². The van der Waals surface area contributed by atoms with E-state index in [0.717, 1.165) is 0 Å². The zero-order valence-corrected chi connectivity index (χ0v) is 14.0. The third-order valence-electron chi connectivity index (χ3n) is 4.78. The summed E-state index contributed by atoms with van der Waals surface area (Å²) in [7, 11) is 1.37. The smallest absolute Gasteiger partial charge is 0.409 e. The molecule has 5 heteroatoms. The van der Waals surface area contributed by atoms with Crippen molar-refractivity contribution in [2.45, 2.75) is 44.6 Å². The van der Waals surface area contributed by atoms with Gasteiger partial charge in [-0.1, -0.05) is 44.2 Å². The molecule has 0 aromatic heterocycles. The van der Waals surface area contributed by atoms with E-state index < -0.39 is 11.9 Å². The van der Waals surface area contributed by atoms with Crippen LogP contribution in [0.15, 0.2) is 30.3 Å². The second-order valence-electron chi connectivity index (χ2n) is 6.83. The summed E-state index contributed by atoms with van der Waals surface area (Å²) in [4.78, 5) is 25.1. The van der Waals surface area contributed by atoms with Gasteiger partial charge in [0.2, 0.25) is 0 Å². The lowest BCUT2D eigenvalue weighted by Gasteiger charge is -2.41. The van der Waals surface area contributed by atoms with Crippen molar-refractivity contribution in [2.24, 2.45) is 5.92 Å². The minimum absolute atomic E-state index is 0.132. The van der Waals surface area contributed by atoms with E-state index in [0.29, 0.717) is 25.8 Å². The number of methoxy groups -OCH3 is 1. The Morgan fingerprint density at radius 3 is 2.52 bits per heavy atom. The highest BCUT2D eigenvalue weighted by Crippen LogP contribution is 2.35. The van der Waals surface area contributed by atoms with Crippen molar-refractivity contribution in [2.75, 3.05) is 13.7 Å². The molecule has 0 spiro atoms. The molecule has 23 heavy (non-hydrogen) atoms. The van der Waals surface area contributed by atoms with Crippen molar-refractivity contribution in [3.8, 4) is 0 Å². The van der Waals surface area contributed by atoms with Crippen LogP contribution in [0.5, 0.6) is 0 Å². The van der Waals surface area contributed by atoms with Crippen molar-refractivity contribution in [1.29, 1.82) is 0 Å². The first kappa shape index (κ1) is 17.3. The van der Waals surface area contributed by atoms with E-state index >= 15 is 0 Å². The molecule has 126 valence electrons. The van der Waals surface area contributed by atoms with Gasteiger partial charge in [-0.15, -0.1) is 0 Å². The zero-order chi connectivity index (χ0) is 17.0. The molecule has 0 saturated carbocycles. The molecule has 2 rings (SSSR count). The van der Waals surface area contributed by atoms with Gasteiger partial charge in [-0.25, -0.2) is 4.79 Å². The predicted octanol–water partition coefficient (Wildman–Crippen LogP) is 3.29. The van der Waals surface area contributed by atoms with Gasteiger partial charge in [0.05, 0.1) is 13.0 Å². The Morgan fingerprint density at radius 1 is 1.30 bits per heavy atom. The number of ether oxygens (including phenoxy) is 1. The van der Waals surface area contributed by atoms with Crippen LogP contribution < -0.4 is 0 Å². The Labute approximate surface area is 137 Å². The predicted molar refractivity (Wildman–Crippen MR) is 87.3 cm³/mol. The standard InChI is InChI=1S/C18H25NO4/c1-18(2,14-7-5-4-6-8-14)12-15-11-13(16(20)21)9-10-19(15)17(22)23-3/h4-8,13,15H,9-12H2,1-3H3,(H,20,21). The summed E-state index contributed by atoms with van der Waals surface area (Å²) in [5.74, 6) is -1.18. The number of hydrogen-bond acceptors (Lipinski definition) is 3. The van der Waals surface area contributed by atoms with E-state index in [1.807, 2.05) is 18.2 Å². The lowest BCUT2D eigenvalue weighted by atomic mass is 9.75. The number of carboxylic acid groups (broad SMARTS) is 1. The first-order valence-corrected chi connectivity index (χ1v) is 7.98. The van der Waals surface area contributed by atoms with Crippen molar-refractivity contribution in [1.82, 2.24) is 4.90 Å². The van der Waals surface area contributed by atoms with Crippen LogP contribution in [-0.2, 0) is 14.9 Å². The molecule has 1 aromatic carbocycles. The van der Waals surface area contributed by atoms with Gasteiger partial charge in [0.25, 0.3) is 0 Å². The molecule has 1 aliphatic rings. The summed E-state index contributed by atoms with van der Waals surface area (Å²) in [6.45, 7) is 4.68. The molecular weight excluding hydrogens is 294 g/mol. The maximum Gasteiger partial charge on any atom is 0.409 e. The number of nitrogens with zero attached hydrogens (tertiary/aromatic N) is 1. The van der Waals surface area contributed by atoms with Gasteiger partial charge in [-0.05, 0) is 30.2 Å². The molecule has 0 bridgehead atoms. The van der Waals surface area contributed by atoms with Crippen LogP contribution in [0.4, 0.5) is 4.79 Å². The van der Waals surface area contributed by atoms with E-state index in [9.17, 15) is 14.7 Å². The molecule has 1 N–H and O–H groups in total. The Kier molecular flexibility index (Phi) is 5.29. The minimum atomic E-state index is -0.781. The normalized spacial score (nSPS) is 21.8. The third-order valence-corrected chi connectivity index (χ3v) is 4.78. The number of amides is 1. The molecule has 0 aliphatic carbocycles. The highest BCUT2D eigenvalue weighted by Gasteiger charge is 2.38. The second kappa shape index (κ2) is 7.02. The van der Waals surface area contributed by atoms with Crippen molar-refractivity contribution < 1.29 is 19.4 Å². The van der Waals surface area contributed by atoms with E-state index in [4.69, 9.17) is 4.74 Å². The molecule has 0 radical (unpaired) electrons. The molecule has 1 amide bonds. The second-order valence-corrected chi connectivity index (χ2v) is 6.83. The molecule has 1 aliphatic heterocycles. The van der Waals surface area contributed by atoms with Crippen LogP contribution >= 0.6 is 0 Å². The number of carboxylic acids is 1. The van der Waals surface area contributed by atoms with Crippen LogP contribution in [0.3, 0.4) is 0 Å². The fourth-order valence-electron chi connectivity index (χ4n) is 3.42. The van der Waals surface area contributed by atoms with Crippen LogP contribution in [0.2, 0.25) is 0 Å². The quantitative estimate of drug-likeness (QED) is 0.925. The minimum Gasteiger partial charge on any atom is -0.481 e. The lowest BCUT2D eigenvalue weighted by Crippen LogP contribution is -2.49. The van der Waals surface area contributed by atoms with Gasteiger partial charge in [-0.3, -0.25) is 4.79 Å². The average molecular weight is 319 g/mol. The maximum absolute atomic E-state index is 12.0. The summed E-state index contributed by atoms with van der Waals surface area (Å²) in [5, 5.41) is 9.32. The van der Waals surface area contributed by atoms with Gasteiger partial charge < -0.3 is 14.7 Å². The number of hydrogen-bond donors (Lipinski definition) is 1. The number of benzene rings is 1. The van der Waals surface area contributed by atoms with E-state index in [2.05, 4.69) is 26.0 Å². The molecule has 1 heterocycles. The van der Waals surface area contributed by atoms with Crippen LogP contribution in [0.1, 0.15) is 38.7 Å². The van der Waals surface area contributed by atoms with Gasteiger partial charge in [0.1, 0.15) is 0 Å². The van der Waals surface area contributed by atoms with Crippen LogP contribution in [-0.4, -0.2) is 41.8 Å². The Balaban J connectivity index is 2.20. The van der Waals surface area contributed by atoms with Gasteiger partial charge in [0, 0.05) is 12.6 Å². The van der Waals surface area contributed by atoms with E-state index in [1.54, 1.807) is 4.90 Å². The molecular formula is C18H25NO4. The fraction of sp³-hybridized carbons (Fsp3) is 0.556. The number of carbonyl (C=O) groups excluding carboxylic acids is 1. The maximum atomic E-state index is 12.0. The summed E-state index contributed by atoms with van der Waals surface area (Å²) in [6, 6.07) is 9.97. The first-order valence-electron chi connectivity index (χ1n) is 7.98. The van der Waals surface area contributed by atoms with Gasteiger partial charge in [0.15, 0.2) is 0 Å². The zero-order valence-electron chi connectivity index (χ0n) is 14.0. The van der Waals surface area contributed by atoms with Crippen molar-refractivity contribution in [3.05, 3.63) is 35.9 Å². The molecule has 1 saturated heterocycles. The molecule has 5 nitrogen and oxygen atoms in total. The summed E-state index contributed by atoms with van der Waals surface area (Å²) < 4.78 is 4.88. The lowest BCUT2D eigenvalue weighted by molar-refractivity contribution is -0.144. The van der Waals surface area contributed by atoms with Gasteiger partial charge >= 0.3 is 12.1 Å². The number of piperidine rings is 1. The monoisotopic (exact) mass is 319 g/mol. The number of likely N-dealkylation sites (tertiary alicyclic amines) is 1. The van der Waals surface area contributed by atoms with Crippen molar-refractivity contribution >= 4 is 12.1 Å². The van der Waals surface area contributed by atoms with Crippen molar-refractivity contribution in [3.63, 3.8) is 0 Å². The first-order chi connectivity index (χ1) is 10.8. The van der Waals surface area contributed by atoms with E-state index in [1.165, 1.54) is 12.7 Å². The summed E-state index contributed by atoms with van der Waals surface area (Å²) >= 11 is 0. The third kappa shape index (κ3) is 4.03. The largest absolute Gasteiger partial charge is 0.481 e. The van der Waals surface area contributed by atoms with Crippen LogP contribution in [0.25, 0.3) is 0 Å². The Bertz CT molecular complexity index is 555.